The Morgan fingerprint density at radius 1 is 1.78 bits per heavy atom. The molecule has 9 heavy (non-hydrogen) atoms. The summed E-state index contributed by atoms with van der Waals surface area (Å²) in [6.45, 7) is 3.34. The molecular formula is C5H10N4. The smallest absolute Gasteiger partial charge is 0.0962 e. The summed E-state index contributed by atoms with van der Waals surface area (Å²) in [6, 6.07) is 0. The highest BCUT2D eigenvalue weighted by atomic mass is 15.4. The van der Waals surface area contributed by atoms with Crippen molar-refractivity contribution < 1.29 is 0 Å². The molecule has 1 heterocycles. The Bertz CT molecular complexity index is 162. The summed E-state index contributed by atoms with van der Waals surface area (Å²) < 4.78 is 1.75. The van der Waals surface area contributed by atoms with E-state index in [1.165, 1.54) is 0 Å². The van der Waals surface area contributed by atoms with Crippen LogP contribution in [0.4, 0.5) is 0 Å². The fourth-order valence-electron chi connectivity index (χ4n) is 0.587. The van der Waals surface area contributed by atoms with E-state index in [2.05, 4.69) is 10.3 Å². The summed E-state index contributed by atoms with van der Waals surface area (Å²) in [5, 5.41) is 7.59. The molecule has 4 nitrogen and oxygen atoms in total. The Labute approximate surface area is 53.7 Å². The normalized spacial score (nSPS) is 10.0. The highest BCUT2D eigenvalue weighted by Gasteiger charge is 1.93. The van der Waals surface area contributed by atoms with Crippen LogP contribution in [0.2, 0.25) is 0 Å². The van der Waals surface area contributed by atoms with Gasteiger partial charge in [-0.1, -0.05) is 5.21 Å². The first-order valence-electron chi connectivity index (χ1n) is 2.96. The van der Waals surface area contributed by atoms with E-state index in [0.29, 0.717) is 6.54 Å². The van der Waals surface area contributed by atoms with Crippen LogP contribution in [0, 0.1) is 0 Å². The molecule has 2 N–H and O–H groups in total. The zero-order chi connectivity index (χ0) is 6.69. The highest BCUT2D eigenvalue weighted by Crippen LogP contribution is 1.88. The zero-order valence-corrected chi connectivity index (χ0v) is 5.41. The monoisotopic (exact) mass is 126 g/mol. The molecule has 0 saturated heterocycles. The maximum Gasteiger partial charge on any atom is 0.0962 e. The van der Waals surface area contributed by atoms with E-state index in [1.54, 1.807) is 4.68 Å². The lowest BCUT2D eigenvalue weighted by Gasteiger charge is -1.86. The van der Waals surface area contributed by atoms with Gasteiger partial charge in [0.1, 0.15) is 0 Å². The Kier molecular flexibility index (Phi) is 1.79. The largest absolute Gasteiger partial charge is 0.325 e. The Morgan fingerprint density at radius 2 is 2.56 bits per heavy atom. The third kappa shape index (κ3) is 1.26. The molecule has 0 saturated carbocycles. The molecule has 0 radical (unpaired) electrons. The molecule has 0 bridgehead atoms. The molecule has 1 rings (SSSR count). The van der Waals surface area contributed by atoms with Crippen LogP contribution in [0.25, 0.3) is 0 Å². The number of nitrogens with zero attached hydrogens (tertiary/aromatic N) is 3. The molecule has 4 heteroatoms. The van der Waals surface area contributed by atoms with Crippen molar-refractivity contribution in [2.24, 2.45) is 5.73 Å². The maximum atomic E-state index is 5.30. The molecule has 0 unspecified atom stereocenters. The second-order valence-electron chi connectivity index (χ2n) is 1.77. The Balaban J connectivity index is 2.74. The average molecular weight is 126 g/mol. The van der Waals surface area contributed by atoms with Gasteiger partial charge in [0.15, 0.2) is 0 Å². The summed E-state index contributed by atoms with van der Waals surface area (Å²) in [5.74, 6) is 0. The average Bonchev–Trinajstić information content (AvgIpc) is 2.34. The number of hydrogen-bond donors (Lipinski definition) is 1. The highest BCUT2D eigenvalue weighted by molar-refractivity contribution is 4.89. The van der Waals surface area contributed by atoms with Gasteiger partial charge in [0.05, 0.1) is 5.69 Å². The van der Waals surface area contributed by atoms with E-state index in [1.807, 2.05) is 13.1 Å². The van der Waals surface area contributed by atoms with E-state index in [9.17, 15) is 0 Å². The fourth-order valence-corrected chi connectivity index (χ4v) is 0.587. The minimum absolute atomic E-state index is 0.472. The van der Waals surface area contributed by atoms with Gasteiger partial charge in [-0.2, -0.15) is 0 Å². The minimum atomic E-state index is 0.472. The summed E-state index contributed by atoms with van der Waals surface area (Å²) in [4.78, 5) is 0. The first-order valence-corrected chi connectivity index (χ1v) is 2.96. The summed E-state index contributed by atoms with van der Waals surface area (Å²) in [5.41, 5.74) is 6.15. The zero-order valence-electron chi connectivity index (χ0n) is 5.41. The standard InChI is InChI=1S/C5H10N4/c1-2-9-4-5(3-6)7-8-9/h4H,2-3,6H2,1H3. The van der Waals surface area contributed by atoms with E-state index in [4.69, 9.17) is 5.73 Å². The molecule has 1 aromatic rings. The van der Waals surface area contributed by atoms with Crippen LogP contribution in [0.15, 0.2) is 6.20 Å². The van der Waals surface area contributed by atoms with Crippen LogP contribution in [0.5, 0.6) is 0 Å². The van der Waals surface area contributed by atoms with E-state index >= 15 is 0 Å². The van der Waals surface area contributed by atoms with Crippen LogP contribution in [0.3, 0.4) is 0 Å². The van der Waals surface area contributed by atoms with Crippen molar-refractivity contribution in [1.29, 1.82) is 0 Å². The fraction of sp³-hybridized carbons (Fsp3) is 0.600. The number of hydrogen-bond acceptors (Lipinski definition) is 3. The second kappa shape index (κ2) is 2.59. The van der Waals surface area contributed by atoms with Crippen molar-refractivity contribution in [3.63, 3.8) is 0 Å². The maximum absolute atomic E-state index is 5.30. The van der Waals surface area contributed by atoms with Gasteiger partial charge in [-0.3, -0.25) is 4.68 Å². The van der Waals surface area contributed by atoms with Crippen LogP contribution < -0.4 is 5.73 Å². The number of aromatic nitrogens is 3. The Morgan fingerprint density at radius 3 is 2.89 bits per heavy atom. The first-order chi connectivity index (χ1) is 4.36. The van der Waals surface area contributed by atoms with E-state index in [0.717, 1.165) is 12.2 Å². The SMILES string of the molecule is CCn1cc(CN)nn1. The van der Waals surface area contributed by atoms with Gasteiger partial charge in [0, 0.05) is 19.3 Å². The van der Waals surface area contributed by atoms with E-state index in [-0.39, 0.29) is 0 Å². The molecule has 0 aliphatic rings. The quantitative estimate of drug-likeness (QED) is 0.594. The summed E-state index contributed by atoms with van der Waals surface area (Å²) in [7, 11) is 0. The molecule has 0 fully saturated rings. The third-order valence-corrected chi connectivity index (χ3v) is 1.12. The van der Waals surface area contributed by atoms with Gasteiger partial charge >= 0.3 is 0 Å². The Hall–Kier alpha value is -0.900. The summed E-state index contributed by atoms with van der Waals surface area (Å²) >= 11 is 0. The molecule has 0 atom stereocenters. The number of rotatable bonds is 2. The molecular weight excluding hydrogens is 116 g/mol. The van der Waals surface area contributed by atoms with Crippen molar-refractivity contribution in [2.75, 3.05) is 0 Å². The van der Waals surface area contributed by atoms with Crippen LogP contribution in [-0.2, 0) is 13.1 Å². The van der Waals surface area contributed by atoms with Gasteiger partial charge in [0.25, 0.3) is 0 Å². The molecule has 0 spiro atoms. The van der Waals surface area contributed by atoms with Crippen molar-refractivity contribution in [2.45, 2.75) is 20.0 Å². The minimum Gasteiger partial charge on any atom is -0.325 e. The lowest BCUT2D eigenvalue weighted by atomic mass is 10.5. The van der Waals surface area contributed by atoms with Gasteiger partial charge < -0.3 is 5.73 Å². The second-order valence-corrected chi connectivity index (χ2v) is 1.77. The molecule has 0 aliphatic carbocycles. The molecule has 0 aromatic carbocycles. The van der Waals surface area contributed by atoms with Crippen molar-refractivity contribution in [3.8, 4) is 0 Å². The predicted octanol–water partition coefficient (Wildman–Crippen LogP) is -0.243. The summed E-state index contributed by atoms with van der Waals surface area (Å²) in [6.07, 6.45) is 1.85. The lowest BCUT2D eigenvalue weighted by Crippen LogP contribution is -1.95. The topological polar surface area (TPSA) is 56.7 Å². The molecule has 0 amide bonds. The van der Waals surface area contributed by atoms with Crippen molar-refractivity contribution >= 4 is 0 Å². The van der Waals surface area contributed by atoms with Gasteiger partial charge in [0.2, 0.25) is 0 Å². The van der Waals surface area contributed by atoms with Crippen molar-refractivity contribution in [3.05, 3.63) is 11.9 Å². The number of aryl methyl sites for hydroxylation is 1. The molecule has 0 aliphatic heterocycles. The number of nitrogens with two attached hydrogens (primary N) is 1. The van der Waals surface area contributed by atoms with Crippen molar-refractivity contribution in [1.82, 2.24) is 15.0 Å². The lowest BCUT2D eigenvalue weighted by molar-refractivity contribution is 0.626. The van der Waals surface area contributed by atoms with Gasteiger partial charge in [-0.25, -0.2) is 0 Å². The van der Waals surface area contributed by atoms with E-state index < -0.39 is 0 Å². The predicted molar refractivity (Wildman–Crippen MR) is 33.6 cm³/mol. The van der Waals surface area contributed by atoms with Gasteiger partial charge in [-0.05, 0) is 6.92 Å². The van der Waals surface area contributed by atoms with Crippen LogP contribution >= 0.6 is 0 Å². The van der Waals surface area contributed by atoms with Crippen LogP contribution in [-0.4, -0.2) is 15.0 Å². The molecule has 50 valence electrons. The van der Waals surface area contributed by atoms with Gasteiger partial charge in [-0.15, -0.1) is 5.10 Å². The first kappa shape index (κ1) is 6.22. The van der Waals surface area contributed by atoms with Crippen LogP contribution in [0.1, 0.15) is 12.6 Å². The third-order valence-electron chi connectivity index (χ3n) is 1.12. The molecule has 1 aromatic heterocycles.